The monoisotopic (exact) mass is 312 g/mol. The summed E-state index contributed by atoms with van der Waals surface area (Å²) >= 11 is 0. The lowest BCUT2D eigenvalue weighted by molar-refractivity contribution is 0.0138. The minimum Gasteiger partial charge on any atom is -0.381 e. The number of methoxy groups -OCH3 is 1. The molecule has 1 saturated heterocycles. The molecule has 0 radical (unpaired) electrons. The van der Waals surface area contributed by atoms with E-state index in [1.807, 2.05) is 29.2 Å². The van der Waals surface area contributed by atoms with Crippen LogP contribution in [0.4, 0.5) is 0 Å². The maximum Gasteiger partial charge on any atom is 0.254 e. The van der Waals surface area contributed by atoms with E-state index in [9.17, 15) is 4.79 Å². The van der Waals surface area contributed by atoms with Gasteiger partial charge < -0.3 is 15.4 Å². The van der Waals surface area contributed by atoms with Gasteiger partial charge in [-0.2, -0.15) is 0 Å². The molecule has 2 atom stereocenters. The quantitative estimate of drug-likeness (QED) is 0.927. The molecule has 1 aromatic carbocycles. The van der Waals surface area contributed by atoms with Gasteiger partial charge in [-0.3, -0.25) is 4.79 Å². The molecule has 1 fully saturated rings. The highest BCUT2D eigenvalue weighted by atomic mass is 35.5. The molecular formula is C16H25ClN2O2. The molecule has 0 aromatic heterocycles. The fourth-order valence-electron chi connectivity index (χ4n) is 2.91. The average molecular weight is 313 g/mol. The van der Waals surface area contributed by atoms with Crippen molar-refractivity contribution in [3.05, 3.63) is 35.4 Å². The standard InChI is InChI=1S/C16H24N2O2.ClH/c1-3-12-6-4-5-7-15(12)16(19)18-9-8-14(20-2)10-13(18)11-17;/h4-7,13-14H,3,8-11,17H2,1-2H3;1H. The van der Waals surface area contributed by atoms with Crippen LogP contribution in [-0.2, 0) is 11.2 Å². The van der Waals surface area contributed by atoms with Crippen LogP contribution in [0.15, 0.2) is 24.3 Å². The minimum atomic E-state index is 0. The number of ether oxygens (including phenoxy) is 1. The number of hydrogen-bond donors (Lipinski definition) is 1. The number of halogens is 1. The van der Waals surface area contributed by atoms with Crippen LogP contribution in [0.1, 0.15) is 35.7 Å². The Morgan fingerprint density at radius 2 is 2.14 bits per heavy atom. The molecule has 0 spiro atoms. The zero-order chi connectivity index (χ0) is 14.5. The Kier molecular flexibility index (Phi) is 7.15. The van der Waals surface area contributed by atoms with E-state index in [0.29, 0.717) is 6.54 Å². The highest BCUT2D eigenvalue weighted by Gasteiger charge is 2.31. The average Bonchev–Trinajstić information content (AvgIpc) is 2.53. The van der Waals surface area contributed by atoms with Gasteiger partial charge in [-0.25, -0.2) is 0 Å². The number of carbonyl (C=O) groups excluding carboxylic acids is 1. The molecule has 2 rings (SSSR count). The predicted octanol–water partition coefficient (Wildman–Crippen LogP) is 2.25. The first-order valence-corrected chi connectivity index (χ1v) is 7.33. The molecule has 4 nitrogen and oxygen atoms in total. The van der Waals surface area contributed by atoms with E-state index in [4.69, 9.17) is 10.5 Å². The highest BCUT2D eigenvalue weighted by Crippen LogP contribution is 2.22. The number of carbonyl (C=O) groups is 1. The van der Waals surface area contributed by atoms with Crippen LogP contribution in [0.5, 0.6) is 0 Å². The van der Waals surface area contributed by atoms with E-state index in [0.717, 1.165) is 36.9 Å². The molecule has 0 aliphatic carbocycles. The summed E-state index contributed by atoms with van der Waals surface area (Å²) in [4.78, 5) is 14.7. The van der Waals surface area contributed by atoms with Gasteiger partial charge in [0.05, 0.1) is 6.10 Å². The molecule has 1 aromatic rings. The van der Waals surface area contributed by atoms with Gasteiger partial charge in [0, 0.05) is 31.8 Å². The number of rotatable bonds is 4. The molecule has 0 bridgehead atoms. The second kappa shape index (κ2) is 8.37. The highest BCUT2D eigenvalue weighted by molar-refractivity contribution is 5.96. The van der Waals surface area contributed by atoms with Gasteiger partial charge in [-0.05, 0) is 30.9 Å². The number of amides is 1. The number of hydrogen-bond acceptors (Lipinski definition) is 3. The molecule has 1 aliphatic heterocycles. The first-order chi connectivity index (χ1) is 9.71. The summed E-state index contributed by atoms with van der Waals surface area (Å²) in [6, 6.07) is 7.91. The number of benzene rings is 1. The van der Waals surface area contributed by atoms with Crippen LogP contribution in [0.3, 0.4) is 0 Å². The Morgan fingerprint density at radius 1 is 1.43 bits per heavy atom. The summed E-state index contributed by atoms with van der Waals surface area (Å²) < 4.78 is 5.41. The van der Waals surface area contributed by atoms with Crippen molar-refractivity contribution in [2.75, 3.05) is 20.2 Å². The molecule has 0 saturated carbocycles. The molecule has 118 valence electrons. The lowest BCUT2D eigenvalue weighted by Gasteiger charge is -2.38. The van der Waals surface area contributed by atoms with Gasteiger partial charge in [0.1, 0.15) is 0 Å². The van der Waals surface area contributed by atoms with E-state index in [-0.39, 0.29) is 30.5 Å². The van der Waals surface area contributed by atoms with Gasteiger partial charge in [0.25, 0.3) is 5.91 Å². The van der Waals surface area contributed by atoms with E-state index in [1.165, 1.54) is 0 Å². The van der Waals surface area contributed by atoms with Crippen LogP contribution < -0.4 is 5.73 Å². The van der Waals surface area contributed by atoms with Crippen molar-refractivity contribution in [3.8, 4) is 0 Å². The van der Waals surface area contributed by atoms with Crippen LogP contribution in [-0.4, -0.2) is 43.2 Å². The van der Waals surface area contributed by atoms with E-state index in [1.54, 1.807) is 7.11 Å². The zero-order valence-corrected chi connectivity index (χ0v) is 13.6. The molecule has 2 unspecified atom stereocenters. The van der Waals surface area contributed by atoms with E-state index < -0.39 is 0 Å². The van der Waals surface area contributed by atoms with Gasteiger partial charge in [0.2, 0.25) is 0 Å². The number of aryl methyl sites for hydroxylation is 1. The lowest BCUT2D eigenvalue weighted by Crippen LogP contribution is -2.51. The summed E-state index contributed by atoms with van der Waals surface area (Å²) in [6.45, 7) is 3.28. The summed E-state index contributed by atoms with van der Waals surface area (Å²) in [6.07, 6.45) is 2.79. The summed E-state index contributed by atoms with van der Waals surface area (Å²) in [5.41, 5.74) is 7.76. The maximum absolute atomic E-state index is 12.8. The molecule has 2 N–H and O–H groups in total. The van der Waals surface area contributed by atoms with E-state index in [2.05, 4.69) is 6.92 Å². The molecular weight excluding hydrogens is 288 g/mol. The number of likely N-dealkylation sites (tertiary alicyclic amines) is 1. The smallest absolute Gasteiger partial charge is 0.254 e. The van der Waals surface area contributed by atoms with Crippen LogP contribution >= 0.6 is 12.4 Å². The van der Waals surface area contributed by atoms with Crippen molar-refractivity contribution in [1.82, 2.24) is 4.90 Å². The molecule has 21 heavy (non-hydrogen) atoms. The number of nitrogens with zero attached hydrogens (tertiary/aromatic N) is 1. The fourth-order valence-corrected chi connectivity index (χ4v) is 2.91. The topological polar surface area (TPSA) is 55.6 Å². The zero-order valence-electron chi connectivity index (χ0n) is 12.7. The Labute approximate surface area is 133 Å². The van der Waals surface area contributed by atoms with Crippen molar-refractivity contribution in [3.63, 3.8) is 0 Å². The van der Waals surface area contributed by atoms with Crippen molar-refractivity contribution in [2.45, 2.75) is 38.3 Å². The third kappa shape index (κ3) is 3.96. The minimum absolute atomic E-state index is 0. The molecule has 1 aliphatic rings. The second-order valence-electron chi connectivity index (χ2n) is 5.28. The SMILES string of the molecule is CCc1ccccc1C(=O)N1CCC(OC)CC1CN.Cl. The van der Waals surface area contributed by atoms with Crippen LogP contribution in [0.2, 0.25) is 0 Å². The van der Waals surface area contributed by atoms with Gasteiger partial charge in [-0.1, -0.05) is 25.1 Å². The first kappa shape index (κ1) is 18.0. The summed E-state index contributed by atoms with van der Waals surface area (Å²) in [7, 11) is 1.72. The lowest BCUT2D eigenvalue weighted by atomic mass is 9.96. The summed E-state index contributed by atoms with van der Waals surface area (Å²) in [5.74, 6) is 0.104. The predicted molar refractivity (Wildman–Crippen MR) is 87.0 cm³/mol. The first-order valence-electron chi connectivity index (χ1n) is 7.33. The fraction of sp³-hybridized carbons (Fsp3) is 0.562. The Balaban J connectivity index is 0.00000220. The van der Waals surface area contributed by atoms with Crippen LogP contribution in [0.25, 0.3) is 0 Å². The normalized spacial score (nSPS) is 21.8. The third-order valence-electron chi connectivity index (χ3n) is 4.16. The summed E-state index contributed by atoms with van der Waals surface area (Å²) in [5, 5.41) is 0. The number of nitrogens with two attached hydrogens (primary N) is 1. The Bertz CT molecular complexity index is 467. The van der Waals surface area contributed by atoms with Crippen molar-refractivity contribution in [1.29, 1.82) is 0 Å². The van der Waals surface area contributed by atoms with E-state index >= 15 is 0 Å². The molecule has 1 amide bonds. The largest absolute Gasteiger partial charge is 0.381 e. The molecule has 5 heteroatoms. The third-order valence-corrected chi connectivity index (χ3v) is 4.16. The van der Waals surface area contributed by atoms with Crippen molar-refractivity contribution in [2.24, 2.45) is 5.73 Å². The second-order valence-corrected chi connectivity index (χ2v) is 5.28. The van der Waals surface area contributed by atoms with Crippen molar-refractivity contribution >= 4 is 18.3 Å². The molecule has 1 heterocycles. The Morgan fingerprint density at radius 3 is 2.76 bits per heavy atom. The van der Waals surface area contributed by atoms with Crippen molar-refractivity contribution < 1.29 is 9.53 Å². The maximum atomic E-state index is 12.8. The van der Waals surface area contributed by atoms with Crippen LogP contribution in [0, 0.1) is 0 Å². The Hall–Kier alpha value is -1.10. The van der Waals surface area contributed by atoms with Gasteiger partial charge in [-0.15, -0.1) is 12.4 Å². The van der Waals surface area contributed by atoms with Gasteiger partial charge >= 0.3 is 0 Å². The number of piperidine rings is 1. The van der Waals surface area contributed by atoms with Gasteiger partial charge in [0.15, 0.2) is 0 Å².